The molecule has 3 rings (SSSR count). The molecule has 1 heterocycles. The van der Waals surface area contributed by atoms with Crippen LogP contribution in [0.2, 0.25) is 0 Å². The summed E-state index contributed by atoms with van der Waals surface area (Å²) < 4.78 is 28.8. The first-order chi connectivity index (χ1) is 13.9. The lowest BCUT2D eigenvalue weighted by Gasteiger charge is -2.28. The van der Waals surface area contributed by atoms with Gasteiger partial charge in [-0.1, -0.05) is 24.3 Å². The summed E-state index contributed by atoms with van der Waals surface area (Å²) in [5, 5.41) is 9.96. The van der Waals surface area contributed by atoms with Crippen LogP contribution in [-0.4, -0.2) is 24.7 Å². The van der Waals surface area contributed by atoms with Gasteiger partial charge in [-0.05, 0) is 44.0 Å². The third-order valence-corrected chi connectivity index (χ3v) is 4.60. The zero-order valence-corrected chi connectivity index (χ0v) is 15.4. The average molecular weight is 368 g/mol. The van der Waals surface area contributed by atoms with Crippen LogP contribution in [0.4, 0.5) is 5.69 Å². The second-order valence-electron chi connectivity index (χ2n) is 7.25. The highest BCUT2D eigenvalue weighted by molar-refractivity contribution is 5.95. The van der Waals surface area contributed by atoms with E-state index in [0.29, 0.717) is 27.8 Å². The summed E-state index contributed by atoms with van der Waals surface area (Å²) in [6, 6.07) is 13.1. The second-order valence-corrected chi connectivity index (χ2v) is 7.25. The van der Waals surface area contributed by atoms with Crippen LogP contribution in [0, 0.1) is 12.3 Å². The van der Waals surface area contributed by atoms with Crippen LogP contribution in [0.5, 0.6) is 0 Å². The molecule has 140 valence electrons. The van der Waals surface area contributed by atoms with E-state index in [0.717, 1.165) is 0 Å². The molecule has 0 radical (unpaired) electrons. The van der Waals surface area contributed by atoms with Crippen molar-refractivity contribution in [2.24, 2.45) is 5.41 Å². The van der Waals surface area contributed by atoms with Gasteiger partial charge in [0.1, 0.15) is 5.58 Å². The van der Waals surface area contributed by atoms with Crippen LogP contribution in [0.15, 0.2) is 57.7 Å². The van der Waals surface area contributed by atoms with Gasteiger partial charge in [-0.15, -0.1) is 0 Å². The Morgan fingerprint density at radius 2 is 1.93 bits per heavy atom. The fraction of sp³-hybridized carbons (Fsp3) is 0.273. The predicted octanol–water partition coefficient (Wildman–Crippen LogP) is 4.32. The Morgan fingerprint density at radius 3 is 2.63 bits per heavy atom. The summed E-state index contributed by atoms with van der Waals surface area (Å²) in [7, 11) is 1.76. The first-order valence-electron chi connectivity index (χ1n) is 10.0. The molecule has 0 atom stereocenters. The van der Waals surface area contributed by atoms with Crippen LogP contribution in [-0.2, 0) is 4.79 Å². The minimum atomic E-state index is -2.33. The summed E-state index contributed by atoms with van der Waals surface area (Å²) in [4.78, 5) is 25.4. The SMILES string of the molecule is [2H]C([2H])([2H])c1ccccc1-c1cc(=O)oc2cc(N(C)CC(C)(C)C(=O)O)ccc12. The van der Waals surface area contributed by atoms with Crippen molar-refractivity contribution in [3.63, 3.8) is 0 Å². The fourth-order valence-corrected chi connectivity index (χ4v) is 3.08. The van der Waals surface area contributed by atoms with Crippen molar-refractivity contribution in [1.29, 1.82) is 0 Å². The normalized spacial score (nSPS) is 13.7. The number of rotatable bonds is 5. The van der Waals surface area contributed by atoms with Gasteiger partial charge in [0.25, 0.3) is 0 Å². The zero-order valence-electron chi connectivity index (χ0n) is 18.4. The molecule has 3 aromatic rings. The Hall–Kier alpha value is -3.08. The average Bonchev–Trinajstić information content (AvgIpc) is 2.65. The lowest BCUT2D eigenvalue weighted by Crippen LogP contribution is -2.37. The minimum absolute atomic E-state index is 0.154. The molecule has 0 aliphatic rings. The maximum Gasteiger partial charge on any atom is 0.336 e. The summed E-state index contributed by atoms with van der Waals surface area (Å²) in [5.41, 5.74) is 0.503. The van der Waals surface area contributed by atoms with Crippen molar-refractivity contribution in [3.05, 3.63) is 64.5 Å². The number of aliphatic carboxylic acids is 1. The molecule has 0 fully saturated rings. The molecule has 0 amide bonds. The molecule has 0 saturated heterocycles. The Kier molecular flexibility index (Phi) is 3.85. The number of anilines is 1. The predicted molar refractivity (Wildman–Crippen MR) is 107 cm³/mol. The van der Waals surface area contributed by atoms with Gasteiger partial charge in [0.2, 0.25) is 0 Å². The molecule has 0 aliphatic carbocycles. The molecule has 0 saturated carbocycles. The van der Waals surface area contributed by atoms with Crippen LogP contribution in [0.3, 0.4) is 0 Å². The van der Waals surface area contributed by atoms with Gasteiger partial charge in [0.05, 0.1) is 5.41 Å². The molecule has 27 heavy (non-hydrogen) atoms. The number of fused-ring (bicyclic) bond motifs is 1. The first-order valence-corrected chi connectivity index (χ1v) is 8.52. The van der Waals surface area contributed by atoms with E-state index in [4.69, 9.17) is 8.53 Å². The Labute approximate surface area is 162 Å². The highest BCUT2D eigenvalue weighted by atomic mass is 16.4. The lowest BCUT2D eigenvalue weighted by molar-refractivity contribution is -0.146. The van der Waals surface area contributed by atoms with Gasteiger partial charge < -0.3 is 14.4 Å². The van der Waals surface area contributed by atoms with Gasteiger partial charge in [-0.2, -0.15) is 0 Å². The smallest absolute Gasteiger partial charge is 0.336 e. The van der Waals surface area contributed by atoms with E-state index in [9.17, 15) is 14.7 Å². The second kappa shape index (κ2) is 6.91. The number of nitrogens with zero attached hydrogens (tertiary/aromatic N) is 1. The maximum atomic E-state index is 12.2. The van der Waals surface area contributed by atoms with Gasteiger partial charge in [0, 0.05) is 46.5 Å². The molecule has 2 aromatic carbocycles. The fourth-order valence-electron chi connectivity index (χ4n) is 3.08. The van der Waals surface area contributed by atoms with E-state index in [1.54, 1.807) is 62.2 Å². The molecule has 5 nitrogen and oxygen atoms in total. The first kappa shape index (κ1) is 15.0. The quantitative estimate of drug-likeness (QED) is 0.679. The number of hydrogen-bond donors (Lipinski definition) is 1. The number of aryl methyl sites for hydroxylation is 1. The highest BCUT2D eigenvalue weighted by Gasteiger charge is 2.29. The van der Waals surface area contributed by atoms with E-state index in [-0.39, 0.29) is 12.1 Å². The van der Waals surface area contributed by atoms with E-state index in [1.807, 2.05) is 0 Å². The third-order valence-electron chi connectivity index (χ3n) is 4.60. The monoisotopic (exact) mass is 368 g/mol. The summed E-state index contributed by atoms with van der Waals surface area (Å²) in [5.74, 6) is -0.912. The number of carboxylic acid groups (broad SMARTS) is 1. The molecule has 1 N–H and O–H groups in total. The Balaban J connectivity index is 2.13. The minimum Gasteiger partial charge on any atom is -0.481 e. The molecular weight excluding hydrogens is 342 g/mol. The van der Waals surface area contributed by atoms with E-state index < -0.39 is 23.9 Å². The van der Waals surface area contributed by atoms with Crippen molar-refractivity contribution in [2.45, 2.75) is 20.7 Å². The number of carbonyl (C=O) groups is 1. The molecule has 0 unspecified atom stereocenters. The summed E-state index contributed by atoms with van der Waals surface area (Å²) >= 11 is 0. The van der Waals surface area contributed by atoms with Crippen LogP contribution in [0.25, 0.3) is 22.1 Å². The summed E-state index contributed by atoms with van der Waals surface area (Å²) in [6.07, 6.45) is 0. The standard InChI is InChI=1S/C22H23NO4/c1-14-7-5-6-8-16(14)18-12-20(24)27-19-11-15(9-10-17(18)19)23(4)13-22(2,3)21(25)26/h5-12H,13H2,1-4H3,(H,25,26)/i1D3. The molecule has 0 aliphatic heterocycles. The number of benzene rings is 2. The largest absolute Gasteiger partial charge is 0.481 e. The molecular formula is C22H23NO4. The molecule has 0 spiro atoms. The van der Waals surface area contributed by atoms with E-state index >= 15 is 0 Å². The summed E-state index contributed by atoms with van der Waals surface area (Å²) in [6.45, 7) is 1.19. The van der Waals surface area contributed by atoms with Crippen molar-refractivity contribution >= 4 is 22.6 Å². The third kappa shape index (κ3) is 3.72. The van der Waals surface area contributed by atoms with Crippen LogP contribution in [0.1, 0.15) is 23.5 Å². The van der Waals surface area contributed by atoms with E-state index in [2.05, 4.69) is 0 Å². The van der Waals surface area contributed by atoms with Gasteiger partial charge in [-0.3, -0.25) is 4.79 Å². The van der Waals surface area contributed by atoms with Crippen molar-refractivity contribution in [1.82, 2.24) is 0 Å². The van der Waals surface area contributed by atoms with E-state index in [1.165, 1.54) is 12.1 Å². The lowest BCUT2D eigenvalue weighted by atomic mass is 9.93. The van der Waals surface area contributed by atoms with Crippen molar-refractivity contribution in [2.75, 3.05) is 18.5 Å². The van der Waals surface area contributed by atoms with Crippen LogP contribution >= 0.6 is 0 Å². The number of hydrogen-bond acceptors (Lipinski definition) is 4. The number of carboxylic acids is 1. The Bertz CT molecular complexity index is 1160. The van der Waals surface area contributed by atoms with Crippen LogP contribution < -0.4 is 10.5 Å². The molecule has 1 aromatic heterocycles. The Morgan fingerprint density at radius 1 is 1.19 bits per heavy atom. The highest BCUT2D eigenvalue weighted by Crippen LogP contribution is 2.32. The maximum absolute atomic E-state index is 12.2. The van der Waals surface area contributed by atoms with Gasteiger partial charge >= 0.3 is 11.6 Å². The molecule has 0 bridgehead atoms. The molecule has 5 heteroatoms. The topological polar surface area (TPSA) is 70.8 Å². The zero-order chi connectivity index (χ0) is 22.3. The van der Waals surface area contributed by atoms with Crippen molar-refractivity contribution < 1.29 is 18.4 Å². The van der Waals surface area contributed by atoms with Gasteiger partial charge in [0.15, 0.2) is 0 Å². The van der Waals surface area contributed by atoms with Crippen molar-refractivity contribution in [3.8, 4) is 11.1 Å². The van der Waals surface area contributed by atoms with Gasteiger partial charge in [-0.25, -0.2) is 4.79 Å².